The molecular weight excluding hydrogens is 302 g/mol. The predicted octanol–water partition coefficient (Wildman–Crippen LogP) is 3.07. The van der Waals surface area contributed by atoms with Crippen LogP contribution >= 0.6 is 0 Å². The Balaban J connectivity index is 1.70. The smallest absolute Gasteiger partial charge is 0.308 e. The van der Waals surface area contributed by atoms with Crippen LogP contribution in [0.5, 0.6) is 5.75 Å². The minimum Gasteiger partial charge on any atom is -0.426 e. The molecule has 0 saturated heterocycles. The number of aromatic amines is 1. The number of aromatic nitrogens is 2. The van der Waals surface area contributed by atoms with Crippen LogP contribution in [0, 0.1) is 13.8 Å². The summed E-state index contributed by atoms with van der Waals surface area (Å²) in [6.45, 7) is 7.08. The van der Waals surface area contributed by atoms with E-state index in [0.717, 1.165) is 37.1 Å². The number of aryl methyl sites for hydroxylation is 3. The Morgan fingerprint density at radius 1 is 1.25 bits per heavy atom. The molecule has 1 aromatic heterocycles. The minimum atomic E-state index is -0.279. The summed E-state index contributed by atoms with van der Waals surface area (Å²) in [7, 11) is 2.11. The van der Waals surface area contributed by atoms with Crippen LogP contribution in [-0.2, 0) is 30.7 Å². The topological polar surface area (TPSA) is 58.2 Å². The van der Waals surface area contributed by atoms with Crippen LogP contribution < -0.4 is 4.74 Å². The second kappa shape index (κ2) is 6.77. The lowest BCUT2D eigenvalue weighted by molar-refractivity contribution is -0.131. The average molecular weight is 327 g/mol. The maximum Gasteiger partial charge on any atom is 0.308 e. The second-order valence-corrected chi connectivity index (χ2v) is 6.81. The SMILES string of the molecule is CC(=O)Oc1c(C)cc(CN(C)Cc2n[nH]c3c2CCC3)cc1C. The molecule has 0 fully saturated rings. The zero-order valence-corrected chi connectivity index (χ0v) is 14.9. The fraction of sp³-hybridized carbons (Fsp3) is 0.474. The van der Waals surface area contributed by atoms with Crippen LogP contribution in [0.15, 0.2) is 12.1 Å². The first kappa shape index (κ1) is 16.7. The Hall–Kier alpha value is -2.14. The summed E-state index contributed by atoms with van der Waals surface area (Å²) in [4.78, 5) is 13.5. The molecule has 5 heteroatoms. The first-order valence-electron chi connectivity index (χ1n) is 8.46. The Morgan fingerprint density at radius 2 is 1.96 bits per heavy atom. The van der Waals surface area contributed by atoms with Gasteiger partial charge in [0.1, 0.15) is 5.75 Å². The molecule has 2 aromatic rings. The molecule has 0 aliphatic heterocycles. The van der Waals surface area contributed by atoms with Crippen LogP contribution in [0.3, 0.4) is 0 Å². The molecule has 1 aromatic carbocycles. The van der Waals surface area contributed by atoms with E-state index in [1.54, 1.807) is 0 Å². The van der Waals surface area contributed by atoms with Gasteiger partial charge in [0.2, 0.25) is 0 Å². The maximum atomic E-state index is 11.2. The third kappa shape index (κ3) is 3.51. The van der Waals surface area contributed by atoms with Gasteiger partial charge in [0.15, 0.2) is 0 Å². The lowest BCUT2D eigenvalue weighted by Gasteiger charge is -2.18. The van der Waals surface area contributed by atoms with Crippen molar-refractivity contribution in [2.75, 3.05) is 7.05 Å². The van der Waals surface area contributed by atoms with Gasteiger partial charge < -0.3 is 4.74 Å². The highest BCUT2D eigenvalue weighted by Gasteiger charge is 2.19. The van der Waals surface area contributed by atoms with Crippen LogP contribution in [0.25, 0.3) is 0 Å². The number of hydrogen-bond acceptors (Lipinski definition) is 4. The van der Waals surface area contributed by atoms with Crippen LogP contribution in [0.1, 0.15) is 47.0 Å². The second-order valence-electron chi connectivity index (χ2n) is 6.81. The normalized spacial score (nSPS) is 13.4. The number of nitrogens with zero attached hydrogens (tertiary/aromatic N) is 2. The van der Waals surface area contributed by atoms with Crippen molar-refractivity contribution in [2.45, 2.75) is 53.1 Å². The van der Waals surface area contributed by atoms with Gasteiger partial charge in [-0.05, 0) is 62.4 Å². The number of carbonyl (C=O) groups excluding carboxylic acids is 1. The van der Waals surface area contributed by atoms with Crippen LogP contribution in [0.2, 0.25) is 0 Å². The number of hydrogen-bond donors (Lipinski definition) is 1. The molecule has 0 atom stereocenters. The molecule has 5 nitrogen and oxygen atoms in total. The summed E-state index contributed by atoms with van der Waals surface area (Å²) in [6, 6.07) is 4.19. The monoisotopic (exact) mass is 327 g/mol. The highest BCUT2D eigenvalue weighted by atomic mass is 16.5. The number of ether oxygens (including phenoxy) is 1. The van der Waals surface area contributed by atoms with Crippen LogP contribution in [-0.4, -0.2) is 28.1 Å². The molecule has 1 aliphatic carbocycles. The summed E-state index contributed by atoms with van der Waals surface area (Å²) in [5.41, 5.74) is 7.12. The van der Waals surface area contributed by atoms with E-state index in [1.165, 1.54) is 35.9 Å². The first-order chi connectivity index (χ1) is 11.4. The Bertz CT molecular complexity index is 741. The largest absolute Gasteiger partial charge is 0.426 e. The third-order valence-corrected chi connectivity index (χ3v) is 4.53. The van der Waals surface area contributed by atoms with E-state index in [-0.39, 0.29) is 5.97 Å². The van der Waals surface area contributed by atoms with Crippen molar-refractivity contribution in [3.63, 3.8) is 0 Å². The number of H-pyrrole nitrogens is 1. The quantitative estimate of drug-likeness (QED) is 0.677. The van der Waals surface area contributed by atoms with E-state index in [2.05, 4.69) is 34.3 Å². The van der Waals surface area contributed by atoms with E-state index >= 15 is 0 Å². The highest BCUT2D eigenvalue weighted by Crippen LogP contribution is 2.27. The highest BCUT2D eigenvalue weighted by molar-refractivity contribution is 5.70. The van der Waals surface area contributed by atoms with Crippen molar-refractivity contribution in [1.82, 2.24) is 15.1 Å². The fourth-order valence-corrected chi connectivity index (χ4v) is 3.58. The Morgan fingerprint density at radius 3 is 2.62 bits per heavy atom. The number of nitrogens with one attached hydrogen (secondary N) is 1. The molecule has 0 unspecified atom stereocenters. The molecule has 1 N–H and O–H groups in total. The van der Waals surface area contributed by atoms with Crippen molar-refractivity contribution >= 4 is 5.97 Å². The minimum absolute atomic E-state index is 0.279. The molecule has 128 valence electrons. The van der Waals surface area contributed by atoms with Gasteiger partial charge in [-0.1, -0.05) is 12.1 Å². The maximum absolute atomic E-state index is 11.2. The van der Waals surface area contributed by atoms with Gasteiger partial charge in [-0.25, -0.2) is 0 Å². The summed E-state index contributed by atoms with van der Waals surface area (Å²) in [6.07, 6.45) is 3.50. The van der Waals surface area contributed by atoms with E-state index in [9.17, 15) is 4.79 Å². The standard InChI is InChI=1S/C19H25N3O2/c1-12-8-15(9-13(2)19(12)24-14(3)23)10-22(4)11-18-16-6-5-7-17(16)20-21-18/h8-9H,5-7,10-11H2,1-4H3,(H,20,21). The third-order valence-electron chi connectivity index (χ3n) is 4.53. The molecule has 0 amide bonds. The van der Waals surface area contributed by atoms with Gasteiger partial charge in [0.05, 0.1) is 5.69 Å². The molecular formula is C19H25N3O2. The zero-order chi connectivity index (χ0) is 17.3. The number of esters is 1. The van der Waals surface area contributed by atoms with E-state index in [0.29, 0.717) is 5.75 Å². The molecule has 1 heterocycles. The Labute approximate surface area is 143 Å². The lowest BCUT2D eigenvalue weighted by atomic mass is 10.1. The molecule has 1 aliphatic rings. The first-order valence-corrected chi connectivity index (χ1v) is 8.46. The fourth-order valence-electron chi connectivity index (χ4n) is 3.58. The van der Waals surface area contributed by atoms with Gasteiger partial charge in [-0.3, -0.25) is 14.8 Å². The van der Waals surface area contributed by atoms with Gasteiger partial charge in [-0.15, -0.1) is 0 Å². The molecule has 0 radical (unpaired) electrons. The van der Waals surface area contributed by atoms with E-state index in [1.807, 2.05) is 13.8 Å². The van der Waals surface area contributed by atoms with Gasteiger partial charge in [0, 0.05) is 25.7 Å². The average Bonchev–Trinajstić information content (AvgIpc) is 3.08. The van der Waals surface area contributed by atoms with Gasteiger partial charge in [0.25, 0.3) is 0 Å². The van der Waals surface area contributed by atoms with Crippen molar-refractivity contribution in [1.29, 1.82) is 0 Å². The van der Waals surface area contributed by atoms with Gasteiger partial charge >= 0.3 is 5.97 Å². The van der Waals surface area contributed by atoms with Gasteiger partial charge in [-0.2, -0.15) is 5.10 Å². The van der Waals surface area contributed by atoms with E-state index in [4.69, 9.17) is 4.74 Å². The number of carbonyl (C=O) groups is 1. The summed E-state index contributed by atoms with van der Waals surface area (Å²) >= 11 is 0. The van der Waals surface area contributed by atoms with E-state index < -0.39 is 0 Å². The van der Waals surface area contributed by atoms with Crippen molar-refractivity contribution < 1.29 is 9.53 Å². The van der Waals surface area contributed by atoms with Crippen molar-refractivity contribution in [3.05, 3.63) is 45.8 Å². The van der Waals surface area contributed by atoms with Crippen molar-refractivity contribution in [3.8, 4) is 5.75 Å². The van der Waals surface area contributed by atoms with Crippen LogP contribution in [0.4, 0.5) is 0 Å². The summed E-state index contributed by atoms with van der Waals surface area (Å²) in [5, 5.41) is 7.65. The molecule has 0 spiro atoms. The number of fused-ring (bicyclic) bond motifs is 1. The molecule has 24 heavy (non-hydrogen) atoms. The molecule has 3 rings (SSSR count). The lowest BCUT2D eigenvalue weighted by Crippen LogP contribution is -2.18. The predicted molar refractivity (Wildman–Crippen MR) is 93.0 cm³/mol. The summed E-state index contributed by atoms with van der Waals surface area (Å²) in [5.74, 6) is 0.400. The number of benzene rings is 1. The molecule has 0 bridgehead atoms. The molecule has 0 saturated carbocycles. The zero-order valence-electron chi connectivity index (χ0n) is 14.9. The summed E-state index contributed by atoms with van der Waals surface area (Å²) < 4.78 is 5.30. The Kier molecular flexibility index (Phi) is 4.71. The number of rotatable bonds is 5. The van der Waals surface area contributed by atoms with Crippen molar-refractivity contribution in [2.24, 2.45) is 0 Å².